The first-order chi connectivity index (χ1) is 14.6. The molecule has 2 aromatic rings. The van der Waals surface area contributed by atoms with E-state index < -0.39 is 10.0 Å². The molecule has 8 heteroatoms. The third kappa shape index (κ3) is 4.85. The van der Waals surface area contributed by atoms with Gasteiger partial charge >= 0.3 is 5.97 Å². The maximum atomic E-state index is 12.2. The summed E-state index contributed by atoms with van der Waals surface area (Å²) in [5, 5.41) is 0. The van der Waals surface area contributed by atoms with Crippen molar-refractivity contribution >= 4 is 27.6 Å². The average molecular weight is 443 g/mol. The molecule has 0 amide bonds. The number of hydrogen-bond donors (Lipinski definition) is 1. The number of sulfonamides is 1. The minimum absolute atomic E-state index is 0.00852. The first-order valence-electron chi connectivity index (χ1n) is 10.0. The third-order valence-electron chi connectivity index (χ3n) is 5.33. The maximum absolute atomic E-state index is 12.2. The van der Waals surface area contributed by atoms with Crippen LogP contribution in [0.1, 0.15) is 57.9 Å². The van der Waals surface area contributed by atoms with Crippen LogP contribution < -0.4 is 4.72 Å². The summed E-state index contributed by atoms with van der Waals surface area (Å²) in [6, 6.07) is 8.57. The molecule has 1 heterocycles. The summed E-state index contributed by atoms with van der Waals surface area (Å²) in [6.07, 6.45) is 0.589. The Morgan fingerprint density at radius 1 is 1.10 bits per heavy atom. The third-order valence-corrected chi connectivity index (χ3v) is 6.73. The number of nitrogens with zero attached hydrogens (tertiary/aromatic N) is 1. The highest BCUT2D eigenvalue weighted by molar-refractivity contribution is 7.90. The van der Waals surface area contributed by atoms with Crippen LogP contribution in [0.3, 0.4) is 0 Å². The number of carbonyl (C=O) groups excluding carboxylic acids is 2. The van der Waals surface area contributed by atoms with Crippen molar-refractivity contribution in [3.8, 4) is 0 Å². The van der Waals surface area contributed by atoms with Gasteiger partial charge in [-0.15, -0.1) is 0 Å². The van der Waals surface area contributed by atoms with Crippen LogP contribution in [0.25, 0.3) is 0 Å². The molecule has 2 aromatic carbocycles. The Hall–Kier alpha value is -3.00. The SMILES string of the molecule is CC(=O)c1c(C)cc(C)c(COC(=O)CCCN=C2NS(=O)(=O)c3ccccc32)c1C. The summed E-state index contributed by atoms with van der Waals surface area (Å²) in [5.41, 5.74) is 4.80. The zero-order valence-corrected chi connectivity index (χ0v) is 18.9. The van der Waals surface area contributed by atoms with E-state index in [-0.39, 0.29) is 29.7 Å². The molecular weight excluding hydrogens is 416 g/mol. The number of carbonyl (C=O) groups is 2. The van der Waals surface area contributed by atoms with Crippen molar-refractivity contribution in [1.82, 2.24) is 4.72 Å². The van der Waals surface area contributed by atoms with Crippen LogP contribution in [0.4, 0.5) is 0 Å². The second-order valence-corrected chi connectivity index (χ2v) is 9.29. The molecule has 1 N–H and O–H groups in total. The molecule has 0 bridgehead atoms. The number of fused-ring (bicyclic) bond motifs is 1. The van der Waals surface area contributed by atoms with Crippen LogP contribution in [0.15, 0.2) is 40.2 Å². The van der Waals surface area contributed by atoms with Gasteiger partial charge in [-0.05, 0) is 68.5 Å². The maximum Gasteiger partial charge on any atom is 0.306 e. The highest BCUT2D eigenvalue weighted by atomic mass is 32.2. The number of Topliss-reactive ketones (excluding diaryl/α,β-unsaturated/α-hetero) is 1. The summed E-state index contributed by atoms with van der Waals surface area (Å²) < 4.78 is 32.0. The van der Waals surface area contributed by atoms with Crippen LogP contribution in [-0.4, -0.2) is 32.6 Å². The predicted molar refractivity (Wildman–Crippen MR) is 118 cm³/mol. The van der Waals surface area contributed by atoms with Crippen molar-refractivity contribution in [3.05, 3.63) is 63.7 Å². The van der Waals surface area contributed by atoms with E-state index in [2.05, 4.69) is 9.71 Å². The zero-order chi connectivity index (χ0) is 22.8. The summed E-state index contributed by atoms with van der Waals surface area (Å²) >= 11 is 0. The number of benzene rings is 2. The van der Waals surface area contributed by atoms with Gasteiger partial charge in [0.15, 0.2) is 5.78 Å². The number of nitrogens with one attached hydrogen (secondary N) is 1. The van der Waals surface area contributed by atoms with Gasteiger partial charge in [0.1, 0.15) is 12.4 Å². The Morgan fingerprint density at radius 2 is 1.81 bits per heavy atom. The summed E-state index contributed by atoms with van der Waals surface area (Å²) in [7, 11) is -3.56. The van der Waals surface area contributed by atoms with E-state index in [1.165, 1.54) is 13.0 Å². The molecule has 0 aromatic heterocycles. The molecule has 0 atom stereocenters. The van der Waals surface area contributed by atoms with Gasteiger partial charge in [0, 0.05) is 24.1 Å². The van der Waals surface area contributed by atoms with Crippen molar-refractivity contribution in [3.63, 3.8) is 0 Å². The monoisotopic (exact) mass is 442 g/mol. The second-order valence-electron chi connectivity index (χ2n) is 7.64. The van der Waals surface area contributed by atoms with Gasteiger partial charge in [0.25, 0.3) is 10.0 Å². The van der Waals surface area contributed by atoms with Crippen molar-refractivity contribution < 1.29 is 22.7 Å². The zero-order valence-electron chi connectivity index (χ0n) is 18.1. The predicted octanol–water partition coefficient (Wildman–Crippen LogP) is 3.38. The van der Waals surface area contributed by atoms with Crippen LogP contribution >= 0.6 is 0 Å². The molecule has 1 aliphatic rings. The van der Waals surface area contributed by atoms with Crippen LogP contribution in [0.2, 0.25) is 0 Å². The Morgan fingerprint density at radius 3 is 2.52 bits per heavy atom. The van der Waals surface area contributed by atoms with Crippen LogP contribution in [0, 0.1) is 20.8 Å². The topological polar surface area (TPSA) is 102 Å². The Balaban J connectivity index is 1.56. The highest BCUT2D eigenvalue weighted by Gasteiger charge is 2.29. The lowest BCUT2D eigenvalue weighted by molar-refractivity contribution is -0.145. The molecule has 0 unspecified atom stereocenters. The van der Waals surface area contributed by atoms with Gasteiger partial charge in [-0.25, -0.2) is 8.42 Å². The molecular formula is C23H26N2O5S. The van der Waals surface area contributed by atoms with E-state index in [9.17, 15) is 18.0 Å². The molecule has 31 heavy (non-hydrogen) atoms. The number of hydrogen-bond acceptors (Lipinski definition) is 6. The molecule has 0 saturated carbocycles. The standard InChI is InChI=1S/C23H26N2O5S/c1-14-12-15(2)22(17(4)26)16(3)19(14)13-30-21(27)10-7-11-24-23-18-8-5-6-9-20(18)31(28,29)25-23/h5-6,8-9,12H,7,10-11,13H2,1-4H3,(H,24,25). The number of ketones is 1. The van der Waals surface area contributed by atoms with Crippen molar-refractivity contribution in [2.75, 3.05) is 6.54 Å². The number of amidine groups is 1. The lowest BCUT2D eigenvalue weighted by Crippen LogP contribution is -2.22. The van der Waals surface area contributed by atoms with Gasteiger partial charge in [0.05, 0.1) is 4.90 Å². The number of aliphatic imine (C=N–C) groups is 1. The molecule has 0 spiro atoms. The van der Waals surface area contributed by atoms with E-state index in [1.54, 1.807) is 18.2 Å². The lowest BCUT2D eigenvalue weighted by Gasteiger charge is -2.16. The Kier molecular flexibility index (Phi) is 6.59. The van der Waals surface area contributed by atoms with Gasteiger partial charge in [-0.2, -0.15) is 0 Å². The van der Waals surface area contributed by atoms with E-state index >= 15 is 0 Å². The number of ether oxygens (including phenoxy) is 1. The van der Waals surface area contributed by atoms with Crippen LogP contribution in [-0.2, 0) is 26.2 Å². The van der Waals surface area contributed by atoms with Gasteiger partial charge in [-0.3, -0.25) is 19.3 Å². The molecule has 0 radical (unpaired) electrons. The van der Waals surface area contributed by atoms with E-state index in [0.29, 0.717) is 29.9 Å². The van der Waals surface area contributed by atoms with Gasteiger partial charge in [0.2, 0.25) is 0 Å². The van der Waals surface area contributed by atoms with Gasteiger partial charge < -0.3 is 4.74 Å². The van der Waals surface area contributed by atoms with Crippen LogP contribution in [0.5, 0.6) is 0 Å². The quantitative estimate of drug-likeness (QED) is 0.402. The smallest absolute Gasteiger partial charge is 0.306 e. The first kappa shape index (κ1) is 22.7. The molecule has 7 nitrogen and oxygen atoms in total. The normalized spacial score (nSPS) is 15.4. The number of esters is 1. The fourth-order valence-electron chi connectivity index (χ4n) is 3.88. The lowest BCUT2D eigenvalue weighted by atomic mass is 9.92. The fourth-order valence-corrected chi connectivity index (χ4v) is 5.13. The summed E-state index contributed by atoms with van der Waals surface area (Å²) in [4.78, 5) is 28.6. The second kappa shape index (κ2) is 9.01. The van der Waals surface area contributed by atoms with Crippen molar-refractivity contribution in [2.45, 2.75) is 52.0 Å². The highest BCUT2D eigenvalue weighted by Crippen LogP contribution is 2.24. The molecule has 164 valence electrons. The molecule has 0 saturated heterocycles. The minimum atomic E-state index is -3.56. The molecule has 3 rings (SSSR count). The van der Waals surface area contributed by atoms with E-state index in [4.69, 9.17) is 4.74 Å². The van der Waals surface area contributed by atoms with Gasteiger partial charge in [-0.1, -0.05) is 18.2 Å². The first-order valence-corrected chi connectivity index (χ1v) is 11.5. The fraction of sp³-hybridized carbons (Fsp3) is 0.348. The average Bonchev–Trinajstić information content (AvgIpc) is 2.95. The van der Waals surface area contributed by atoms with Crippen molar-refractivity contribution in [2.24, 2.45) is 4.99 Å². The molecule has 0 aliphatic carbocycles. The minimum Gasteiger partial charge on any atom is -0.461 e. The number of aryl methyl sites for hydroxylation is 2. The van der Waals surface area contributed by atoms with Crippen molar-refractivity contribution in [1.29, 1.82) is 0 Å². The Labute approximate surface area is 182 Å². The molecule has 0 fully saturated rings. The molecule has 1 aliphatic heterocycles. The van der Waals surface area contributed by atoms with E-state index in [1.807, 2.05) is 26.8 Å². The van der Waals surface area contributed by atoms with E-state index in [0.717, 1.165) is 22.3 Å². The summed E-state index contributed by atoms with van der Waals surface area (Å²) in [5.74, 6) is -0.0752. The summed E-state index contributed by atoms with van der Waals surface area (Å²) in [6.45, 7) is 7.64. The number of rotatable bonds is 7. The largest absolute Gasteiger partial charge is 0.461 e. The Bertz CT molecular complexity index is 1180.